The van der Waals surface area contributed by atoms with E-state index < -0.39 is 0 Å². The third-order valence-corrected chi connectivity index (χ3v) is 3.45. The number of aromatic nitrogens is 1. The van der Waals surface area contributed by atoms with Gasteiger partial charge in [-0.1, -0.05) is 36.4 Å². The highest BCUT2D eigenvalue weighted by atomic mass is 16.5. The van der Waals surface area contributed by atoms with Crippen LogP contribution in [0.3, 0.4) is 0 Å². The summed E-state index contributed by atoms with van der Waals surface area (Å²) in [5.41, 5.74) is 2.42. The van der Waals surface area contributed by atoms with Crippen molar-refractivity contribution in [1.82, 2.24) is 4.98 Å². The first kappa shape index (κ1) is 12.7. The molecule has 1 aliphatic heterocycles. The fourth-order valence-corrected chi connectivity index (χ4v) is 2.43. The molecule has 20 heavy (non-hydrogen) atoms. The van der Waals surface area contributed by atoms with E-state index in [1.165, 1.54) is 21.8 Å². The van der Waals surface area contributed by atoms with Gasteiger partial charge in [-0.25, -0.2) is 0 Å². The minimum absolute atomic E-state index is 0.0359. The molecule has 3 heteroatoms. The molecule has 0 radical (unpaired) electrons. The zero-order valence-corrected chi connectivity index (χ0v) is 11.3. The minimum Gasteiger partial charge on any atom is -0.466 e. The number of fused-ring (bicyclic) bond motifs is 3. The van der Waals surface area contributed by atoms with Crippen molar-refractivity contribution in [2.45, 2.75) is 19.3 Å². The van der Waals surface area contributed by atoms with E-state index in [0.717, 1.165) is 12.8 Å². The molecule has 102 valence electrons. The van der Waals surface area contributed by atoms with Gasteiger partial charge in [0.1, 0.15) is 0 Å². The average Bonchev–Trinajstić information content (AvgIpc) is 2.87. The fraction of sp³-hybridized carbons (Fsp3) is 0.235. The Morgan fingerprint density at radius 3 is 1.90 bits per heavy atom. The van der Waals surface area contributed by atoms with Crippen molar-refractivity contribution in [3.05, 3.63) is 48.5 Å². The molecule has 0 unspecified atom stereocenters. The highest BCUT2D eigenvalue weighted by Gasteiger charge is 2.06. The summed E-state index contributed by atoms with van der Waals surface area (Å²) < 4.78 is 4.64. The molecule has 1 N–H and O–H groups in total. The SMILES string of the molecule is O=C1CCCCO1.c1ccc2c(c1)[nH]c1ccccc12. The molecule has 1 fully saturated rings. The number of H-pyrrole nitrogens is 1. The van der Waals surface area contributed by atoms with Crippen molar-refractivity contribution < 1.29 is 9.53 Å². The van der Waals surface area contributed by atoms with Gasteiger partial charge in [0.15, 0.2) is 0 Å². The highest BCUT2D eigenvalue weighted by molar-refractivity contribution is 6.06. The van der Waals surface area contributed by atoms with Crippen LogP contribution in [0.1, 0.15) is 19.3 Å². The van der Waals surface area contributed by atoms with Gasteiger partial charge in [-0.3, -0.25) is 4.79 Å². The van der Waals surface area contributed by atoms with Crippen LogP contribution in [0.4, 0.5) is 0 Å². The fourth-order valence-electron chi connectivity index (χ4n) is 2.43. The highest BCUT2D eigenvalue weighted by Crippen LogP contribution is 2.24. The summed E-state index contributed by atoms with van der Waals surface area (Å²) in [7, 11) is 0. The molecule has 0 saturated carbocycles. The van der Waals surface area contributed by atoms with Gasteiger partial charge in [-0.05, 0) is 25.0 Å². The van der Waals surface area contributed by atoms with Gasteiger partial charge < -0.3 is 9.72 Å². The van der Waals surface area contributed by atoms with Gasteiger partial charge in [-0.15, -0.1) is 0 Å². The van der Waals surface area contributed by atoms with E-state index in [1.54, 1.807) is 0 Å². The predicted octanol–water partition coefficient (Wildman–Crippen LogP) is 4.03. The van der Waals surface area contributed by atoms with Crippen LogP contribution in [0, 0.1) is 0 Å². The molecule has 0 bridgehead atoms. The Morgan fingerprint density at radius 1 is 0.850 bits per heavy atom. The number of cyclic esters (lactones) is 1. The number of carbonyl (C=O) groups excluding carboxylic acids is 1. The molecule has 1 aliphatic rings. The van der Waals surface area contributed by atoms with Gasteiger partial charge in [0, 0.05) is 28.2 Å². The summed E-state index contributed by atoms with van der Waals surface area (Å²) in [6.45, 7) is 0.638. The maximum Gasteiger partial charge on any atom is 0.305 e. The number of hydrogen-bond donors (Lipinski definition) is 1. The standard InChI is InChI=1S/C12H9N.C5H8O2/c1-3-7-11-9(5-1)10-6-2-4-8-12(10)13-11;6-5-3-1-2-4-7-5/h1-8,13H;1-4H2. The summed E-state index contributed by atoms with van der Waals surface area (Å²) in [6.07, 6.45) is 2.69. The number of nitrogens with one attached hydrogen (secondary N) is 1. The number of esters is 1. The number of carbonyl (C=O) groups is 1. The molecule has 3 aromatic rings. The number of hydrogen-bond acceptors (Lipinski definition) is 2. The Hall–Kier alpha value is -2.29. The lowest BCUT2D eigenvalue weighted by atomic mass is 10.2. The summed E-state index contributed by atoms with van der Waals surface area (Å²) in [5.74, 6) is -0.0359. The van der Waals surface area contributed by atoms with Gasteiger partial charge in [-0.2, -0.15) is 0 Å². The Labute approximate surface area is 117 Å². The maximum atomic E-state index is 10.2. The van der Waals surface area contributed by atoms with Gasteiger partial charge in [0.05, 0.1) is 6.61 Å². The topological polar surface area (TPSA) is 42.1 Å². The van der Waals surface area contributed by atoms with Gasteiger partial charge in [0.25, 0.3) is 0 Å². The second-order valence-corrected chi connectivity index (χ2v) is 4.89. The third-order valence-electron chi connectivity index (χ3n) is 3.45. The average molecular weight is 267 g/mol. The zero-order valence-electron chi connectivity index (χ0n) is 11.3. The van der Waals surface area contributed by atoms with Crippen LogP contribution in [-0.4, -0.2) is 17.6 Å². The van der Waals surface area contributed by atoms with Gasteiger partial charge in [0.2, 0.25) is 0 Å². The monoisotopic (exact) mass is 267 g/mol. The number of rotatable bonds is 0. The normalized spacial score (nSPS) is 14.7. The second kappa shape index (κ2) is 5.78. The summed E-state index contributed by atoms with van der Waals surface area (Å²) >= 11 is 0. The first-order chi connectivity index (χ1) is 9.84. The number of ether oxygens (including phenoxy) is 1. The predicted molar refractivity (Wildman–Crippen MR) is 80.6 cm³/mol. The van der Waals surface area contributed by atoms with Crippen LogP contribution in [0.5, 0.6) is 0 Å². The Kier molecular flexibility index (Phi) is 3.68. The van der Waals surface area contributed by atoms with Crippen molar-refractivity contribution in [3.8, 4) is 0 Å². The molecule has 1 saturated heterocycles. The third kappa shape index (κ3) is 2.67. The van der Waals surface area contributed by atoms with Crippen LogP contribution in [0.15, 0.2) is 48.5 Å². The van der Waals surface area contributed by atoms with Crippen molar-refractivity contribution in [3.63, 3.8) is 0 Å². The minimum atomic E-state index is -0.0359. The van der Waals surface area contributed by atoms with E-state index in [1.807, 2.05) is 0 Å². The smallest absolute Gasteiger partial charge is 0.305 e. The molecule has 1 aromatic heterocycles. The molecule has 4 rings (SSSR count). The van der Waals surface area contributed by atoms with Crippen molar-refractivity contribution in [1.29, 1.82) is 0 Å². The summed E-state index contributed by atoms with van der Waals surface area (Å²) in [6, 6.07) is 16.8. The van der Waals surface area contributed by atoms with Crippen LogP contribution >= 0.6 is 0 Å². The van der Waals surface area contributed by atoms with Crippen LogP contribution in [-0.2, 0) is 9.53 Å². The lowest BCUT2D eigenvalue weighted by molar-refractivity contribution is -0.146. The summed E-state index contributed by atoms with van der Waals surface area (Å²) in [4.78, 5) is 13.6. The van der Waals surface area contributed by atoms with Crippen molar-refractivity contribution >= 4 is 27.8 Å². The maximum absolute atomic E-state index is 10.2. The first-order valence-electron chi connectivity index (χ1n) is 6.96. The molecule has 0 atom stereocenters. The molecule has 3 nitrogen and oxygen atoms in total. The van der Waals surface area contributed by atoms with Crippen LogP contribution in [0.2, 0.25) is 0 Å². The van der Waals surface area contributed by atoms with E-state index >= 15 is 0 Å². The second-order valence-electron chi connectivity index (χ2n) is 4.89. The lowest BCUT2D eigenvalue weighted by Gasteiger charge is -2.08. The van der Waals surface area contributed by atoms with E-state index in [-0.39, 0.29) is 5.97 Å². The molecule has 2 aromatic carbocycles. The van der Waals surface area contributed by atoms with Crippen LogP contribution < -0.4 is 0 Å². The lowest BCUT2D eigenvalue weighted by Crippen LogP contribution is -2.10. The van der Waals surface area contributed by atoms with E-state index in [0.29, 0.717) is 13.0 Å². The van der Waals surface area contributed by atoms with E-state index in [9.17, 15) is 4.79 Å². The van der Waals surface area contributed by atoms with Crippen molar-refractivity contribution in [2.24, 2.45) is 0 Å². The Bertz CT molecular complexity index is 672. The molecule has 0 spiro atoms. The Morgan fingerprint density at radius 2 is 1.45 bits per heavy atom. The number of para-hydroxylation sites is 2. The first-order valence-corrected chi connectivity index (χ1v) is 6.96. The van der Waals surface area contributed by atoms with Gasteiger partial charge >= 0.3 is 5.97 Å². The largest absolute Gasteiger partial charge is 0.466 e. The summed E-state index contributed by atoms with van der Waals surface area (Å²) in [5, 5.41) is 2.61. The zero-order chi connectivity index (χ0) is 13.8. The van der Waals surface area contributed by atoms with E-state index in [2.05, 4.69) is 58.3 Å². The molecule has 0 amide bonds. The Balaban J connectivity index is 0.000000147. The molecular weight excluding hydrogens is 250 g/mol. The molecule has 0 aliphatic carbocycles. The molecular formula is C17H17NO2. The molecule has 2 heterocycles. The van der Waals surface area contributed by atoms with Crippen molar-refractivity contribution in [2.75, 3.05) is 6.61 Å². The number of aromatic amines is 1. The number of benzene rings is 2. The quantitative estimate of drug-likeness (QED) is 0.625. The van der Waals surface area contributed by atoms with E-state index in [4.69, 9.17) is 0 Å². The van der Waals surface area contributed by atoms with Crippen LogP contribution in [0.25, 0.3) is 21.8 Å².